The number of H-pyrrole nitrogens is 2. The van der Waals surface area contributed by atoms with E-state index < -0.39 is 0 Å². The van der Waals surface area contributed by atoms with Gasteiger partial charge in [-0.15, -0.1) is 11.3 Å². The van der Waals surface area contributed by atoms with Crippen LogP contribution >= 0.6 is 11.3 Å². The standard InChI is InChI=1S/C16H17N5OS/c1-8-9(7-17-21-8)12-6-11-13(23-12)15(22)19-14(18-11)10-2-3-16(20-10)4-5-16/h6-7,10,20H,2-5H2,1H3,(H,17,21)(H,18,19,22). The van der Waals surface area contributed by atoms with Crippen molar-refractivity contribution in [1.29, 1.82) is 0 Å². The Morgan fingerprint density at radius 2 is 2.22 bits per heavy atom. The third-order valence-electron chi connectivity index (χ3n) is 5.07. The highest BCUT2D eigenvalue weighted by Crippen LogP contribution is 2.47. The number of nitrogens with one attached hydrogen (secondary N) is 3. The van der Waals surface area contributed by atoms with Crippen LogP contribution in [-0.4, -0.2) is 25.7 Å². The minimum absolute atomic E-state index is 0.0408. The summed E-state index contributed by atoms with van der Waals surface area (Å²) in [4.78, 5) is 21.2. The van der Waals surface area contributed by atoms with Gasteiger partial charge in [-0.25, -0.2) is 4.98 Å². The molecule has 1 aliphatic carbocycles. The van der Waals surface area contributed by atoms with Gasteiger partial charge >= 0.3 is 0 Å². The molecule has 0 amide bonds. The maximum Gasteiger partial charge on any atom is 0.268 e. The average molecular weight is 327 g/mol. The fraction of sp³-hybridized carbons (Fsp3) is 0.438. The number of fused-ring (bicyclic) bond motifs is 1. The summed E-state index contributed by atoms with van der Waals surface area (Å²) >= 11 is 1.47. The van der Waals surface area contributed by atoms with Gasteiger partial charge in [0.15, 0.2) is 0 Å². The molecule has 0 aromatic carbocycles. The average Bonchev–Trinajstić information content (AvgIpc) is 2.90. The smallest absolute Gasteiger partial charge is 0.268 e. The largest absolute Gasteiger partial charge is 0.308 e. The molecule has 1 atom stereocenters. The summed E-state index contributed by atoms with van der Waals surface area (Å²) in [7, 11) is 0. The van der Waals surface area contributed by atoms with E-state index in [1.807, 2.05) is 13.0 Å². The summed E-state index contributed by atoms with van der Waals surface area (Å²) < 4.78 is 0.684. The fourth-order valence-electron chi connectivity index (χ4n) is 3.54. The van der Waals surface area contributed by atoms with Gasteiger partial charge in [0, 0.05) is 21.7 Å². The molecule has 1 aliphatic heterocycles. The van der Waals surface area contributed by atoms with Gasteiger partial charge < -0.3 is 10.3 Å². The second-order valence-corrected chi connectivity index (χ2v) is 7.75. The lowest BCUT2D eigenvalue weighted by molar-refractivity contribution is 0.526. The zero-order valence-corrected chi connectivity index (χ0v) is 13.6. The minimum Gasteiger partial charge on any atom is -0.308 e. The second-order valence-electron chi connectivity index (χ2n) is 6.70. The molecule has 118 valence electrons. The van der Waals surface area contributed by atoms with Crippen molar-refractivity contribution < 1.29 is 0 Å². The fourth-order valence-corrected chi connectivity index (χ4v) is 4.60. The lowest BCUT2D eigenvalue weighted by atomic mass is 10.1. The topological polar surface area (TPSA) is 86.5 Å². The SMILES string of the molecule is Cc1[nH]ncc1-c1cc2nc(C3CCC4(CC4)N3)[nH]c(=O)c2s1. The van der Waals surface area contributed by atoms with E-state index >= 15 is 0 Å². The van der Waals surface area contributed by atoms with Crippen molar-refractivity contribution in [1.82, 2.24) is 25.5 Å². The van der Waals surface area contributed by atoms with Crippen LogP contribution in [0.3, 0.4) is 0 Å². The van der Waals surface area contributed by atoms with Crippen molar-refractivity contribution in [3.63, 3.8) is 0 Å². The quantitative estimate of drug-likeness (QED) is 0.675. The van der Waals surface area contributed by atoms with Gasteiger partial charge in [-0.1, -0.05) is 0 Å². The molecule has 1 unspecified atom stereocenters. The molecule has 4 heterocycles. The van der Waals surface area contributed by atoms with E-state index in [0.717, 1.165) is 33.9 Å². The van der Waals surface area contributed by atoms with E-state index in [0.29, 0.717) is 10.2 Å². The van der Waals surface area contributed by atoms with Crippen molar-refractivity contribution in [3.05, 3.63) is 34.1 Å². The Labute approximate surface area is 136 Å². The van der Waals surface area contributed by atoms with Crippen LogP contribution in [0.5, 0.6) is 0 Å². The summed E-state index contributed by atoms with van der Waals surface area (Å²) in [6.45, 7) is 1.98. The van der Waals surface area contributed by atoms with Crippen LogP contribution in [0.2, 0.25) is 0 Å². The van der Waals surface area contributed by atoms with Crippen LogP contribution in [0.15, 0.2) is 17.1 Å². The third kappa shape index (κ3) is 2.07. The molecular formula is C16H17N5OS. The zero-order chi connectivity index (χ0) is 15.6. The normalized spacial score (nSPS) is 22.2. The number of rotatable bonds is 2. The van der Waals surface area contributed by atoms with E-state index in [-0.39, 0.29) is 11.6 Å². The first-order chi connectivity index (χ1) is 11.1. The zero-order valence-electron chi connectivity index (χ0n) is 12.8. The summed E-state index contributed by atoms with van der Waals surface area (Å²) in [5.74, 6) is 0.777. The molecule has 5 rings (SSSR count). The first-order valence-electron chi connectivity index (χ1n) is 7.95. The summed E-state index contributed by atoms with van der Waals surface area (Å²) in [5.41, 5.74) is 3.11. The molecule has 2 aliphatic rings. The molecule has 1 saturated carbocycles. The molecule has 23 heavy (non-hydrogen) atoms. The van der Waals surface area contributed by atoms with Gasteiger partial charge in [0.25, 0.3) is 5.56 Å². The van der Waals surface area contributed by atoms with Crippen molar-refractivity contribution in [2.45, 2.75) is 44.2 Å². The lowest BCUT2D eigenvalue weighted by Crippen LogP contribution is -2.27. The highest BCUT2D eigenvalue weighted by molar-refractivity contribution is 7.22. The van der Waals surface area contributed by atoms with E-state index in [1.54, 1.807) is 6.20 Å². The first-order valence-corrected chi connectivity index (χ1v) is 8.77. The Morgan fingerprint density at radius 3 is 2.91 bits per heavy atom. The first kappa shape index (κ1) is 13.4. The van der Waals surface area contributed by atoms with Gasteiger partial charge in [0.2, 0.25) is 0 Å². The van der Waals surface area contributed by atoms with Crippen LogP contribution in [0.4, 0.5) is 0 Å². The highest BCUT2D eigenvalue weighted by atomic mass is 32.1. The number of aryl methyl sites for hydroxylation is 1. The maximum atomic E-state index is 12.5. The van der Waals surface area contributed by atoms with Crippen LogP contribution in [0.25, 0.3) is 20.7 Å². The predicted molar refractivity (Wildman–Crippen MR) is 89.6 cm³/mol. The number of thiophene rings is 1. The number of nitrogens with zero attached hydrogens (tertiary/aromatic N) is 2. The second kappa shape index (κ2) is 4.52. The predicted octanol–water partition coefficient (Wildman–Crippen LogP) is 2.64. The van der Waals surface area contributed by atoms with E-state index in [1.165, 1.54) is 30.6 Å². The van der Waals surface area contributed by atoms with Crippen molar-refractivity contribution >= 4 is 21.6 Å². The van der Waals surface area contributed by atoms with Crippen LogP contribution < -0.4 is 10.9 Å². The minimum atomic E-state index is -0.0408. The number of hydrogen-bond donors (Lipinski definition) is 3. The molecule has 0 bridgehead atoms. The molecule has 6 nitrogen and oxygen atoms in total. The van der Waals surface area contributed by atoms with Gasteiger partial charge in [-0.2, -0.15) is 5.10 Å². The van der Waals surface area contributed by atoms with Gasteiger partial charge in [0.1, 0.15) is 10.5 Å². The molecule has 3 aromatic rings. The molecule has 1 saturated heterocycles. The van der Waals surface area contributed by atoms with Crippen molar-refractivity contribution in [2.24, 2.45) is 0 Å². The van der Waals surface area contributed by atoms with Gasteiger partial charge in [-0.05, 0) is 38.7 Å². The Morgan fingerprint density at radius 1 is 1.35 bits per heavy atom. The number of hydrogen-bond acceptors (Lipinski definition) is 5. The maximum absolute atomic E-state index is 12.5. The Kier molecular flexibility index (Phi) is 2.64. The van der Waals surface area contributed by atoms with Crippen molar-refractivity contribution in [3.8, 4) is 10.4 Å². The molecule has 1 spiro atoms. The Hall–Kier alpha value is -1.99. The lowest BCUT2D eigenvalue weighted by Gasteiger charge is -2.12. The summed E-state index contributed by atoms with van der Waals surface area (Å²) in [6, 6.07) is 2.17. The van der Waals surface area contributed by atoms with Gasteiger partial charge in [0.05, 0.1) is 17.8 Å². The van der Waals surface area contributed by atoms with Crippen LogP contribution in [-0.2, 0) is 0 Å². The van der Waals surface area contributed by atoms with Crippen LogP contribution in [0, 0.1) is 6.92 Å². The van der Waals surface area contributed by atoms with Gasteiger partial charge in [-0.3, -0.25) is 9.89 Å². The Balaban J connectivity index is 1.59. The molecule has 0 radical (unpaired) electrons. The number of aromatic amines is 2. The van der Waals surface area contributed by atoms with Crippen molar-refractivity contribution in [2.75, 3.05) is 0 Å². The monoisotopic (exact) mass is 327 g/mol. The summed E-state index contributed by atoms with van der Waals surface area (Å²) in [5, 5.41) is 10.6. The van der Waals surface area contributed by atoms with E-state index in [4.69, 9.17) is 4.98 Å². The highest BCUT2D eigenvalue weighted by Gasteiger charge is 2.48. The molecule has 3 N–H and O–H groups in total. The third-order valence-corrected chi connectivity index (χ3v) is 6.23. The van der Waals surface area contributed by atoms with E-state index in [9.17, 15) is 4.79 Å². The summed E-state index contributed by atoms with van der Waals surface area (Å²) in [6.07, 6.45) is 6.52. The Bertz CT molecular complexity index is 964. The van der Waals surface area contributed by atoms with Crippen LogP contribution in [0.1, 0.15) is 43.2 Å². The van der Waals surface area contributed by atoms with E-state index in [2.05, 4.69) is 20.5 Å². The molecular weight excluding hydrogens is 310 g/mol. The number of aromatic nitrogens is 4. The molecule has 3 aromatic heterocycles. The molecule has 7 heteroatoms. The molecule has 2 fully saturated rings.